The van der Waals surface area contributed by atoms with Gasteiger partial charge in [0.25, 0.3) is 0 Å². The van der Waals surface area contributed by atoms with Crippen molar-refractivity contribution in [3.63, 3.8) is 0 Å². The van der Waals surface area contributed by atoms with Gasteiger partial charge in [0.15, 0.2) is 0 Å². The van der Waals surface area contributed by atoms with Gasteiger partial charge in [-0.15, -0.1) is 0 Å². The van der Waals surface area contributed by atoms with E-state index in [1.807, 2.05) is 18.2 Å². The van der Waals surface area contributed by atoms with Gasteiger partial charge in [-0.3, -0.25) is 4.79 Å². The van der Waals surface area contributed by atoms with Crippen LogP contribution >= 0.6 is 0 Å². The standard InChI is InChI=1S/C11H13NO3/c1-15-10-4-2-3-7-6-12-9(11(13)14)5-8(7)10/h2-4,9,12H,5-6H2,1H3,(H,13,14). The Morgan fingerprint density at radius 2 is 2.40 bits per heavy atom. The van der Waals surface area contributed by atoms with E-state index in [2.05, 4.69) is 5.32 Å². The van der Waals surface area contributed by atoms with E-state index < -0.39 is 12.0 Å². The largest absolute Gasteiger partial charge is 0.496 e. The minimum atomic E-state index is -0.813. The van der Waals surface area contributed by atoms with Crippen LogP contribution in [-0.4, -0.2) is 24.2 Å². The maximum Gasteiger partial charge on any atom is 0.321 e. The highest BCUT2D eigenvalue weighted by molar-refractivity contribution is 5.74. The molecule has 0 fully saturated rings. The number of aliphatic carboxylic acids is 1. The minimum Gasteiger partial charge on any atom is -0.496 e. The summed E-state index contributed by atoms with van der Waals surface area (Å²) in [5.74, 6) is -0.0354. The number of carboxylic acid groups (broad SMARTS) is 1. The van der Waals surface area contributed by atoms with Crippen molar-refractivity contribution in [2.75, 3.05) is 7.11 Å². The van der Waals surface area contributed by atoms with E-state index >= 15 is 0 Å². The van der Waals surface area contributed by atoms with E-state index in [-0.39, 0.29) is 0 Å². The van der Waals surface area contributed by atoms with E-state index in [0.717, 1.165) is 16.9 Å². The van der Waals surface area contributed by atoms with Crippen LogP contribution in [0.25, 0.3) is 0 Å². The predicted octanol–water partition coefficient (Wildman–Crippen LogP) is 0.794. The molecule has 0 saturated carbocycles. The third-order valence-corrected chi connectivity index (χ3v) is 2.70. The van der Waals surface area contributed by atoms with Crippen LogP contribution in [-0.2, 0) is 17.8 Å². The number of benzene rings is 1. The van der Waals surface area contributed by atoms with Crippen LogP contribution in [0.5, 0.6) is 5.75 Å². The molecule has 80 valence electrons. The first-order chi connectivity index (χ1) is 7.22. The van der Waals surface area contributed by atoms with E-state index in [0.29, 0.717) is 13.0 Å². The van der Waals surface area contributed by atoms with Crippen molar-refractivity contribution in [3.8, 4) is 5.75 Å². The average Bonchev–Trinajstić information content (AvgIpc) is 2.27. The Morgan fingerprint density at radius 1 is 1.60 bits per heavy atom. The molecule has 0 aliphatic carbocycles. The van der Waals surface area contributed by atoms with Crippen LogP contribution in [0.3, 0.4) is 0 Å². The van der Waals surface area contributed by atoms with Gasteiger partial charge in [-0.1, -0.05) is 12.1 Å². The Balaban J connectivity index is 2.34. The molecule has 4 heteroatoms. The molecule has 2 rings (SSSR count). The molecule has 15 heavy (non-hydrogen) atoms. The lowest BCUT2D eigenvalue weighted by Gasteiger charge is -2.24. The van der Waals surface area contributed by atoms with Gasteiger partial charge in [-0.25, -0.2) is 0 Å². The van der Waals surface area contributed by atoms with E-state index in [4.69, 9.17) is 9.84 Å². The third-order valence-electron chi connectivity index (χ3n) is 2.70. The van der Waals surface area contributed by atoms with Gasteiger partial charge in [0.05, 0.1) is 7.11 Å². The van der Waals surface area contributed by atoms with Crippen LogP contribution in [0.15, 0.2) is 18.2 Å². The summed E-state index contributed by atoms with van der Waals surface area (Å²) in [6, 6.07) is 5.26. The molecule has 0 radical (unpaired) electrons. The zero-order valence-electron chi connectivity index (χ0n) is 8.49. The van der Waals surface area contributed by atoms with E-state index in [1.165, 1.54) is 0 Å². The summed E-state index contributed by atoms with van der Waals surface area (Å²) in [7, 11) is 1.60. The first-order valence-electron chi connectivity index (χ1n) is 4.83. The number of nitrogens with one attached hydrogen (secondary N) is 1. The van der Waals surface area contributed by atoms with Gasteiger partial charge >= 0.3 is 5.97 Å². The number of carbonyl (C=O) groups is 1. The number of fused-ring (bicyclic) bond motifs is 1. The molecular formula is C11H13NO3. The van der Waals surface area contributed by atoms with Gasteiger partial charge in [0.2, 0.25) is 0 Å². The molecule has 0 spiro atoms. The predicted molar refractivity (Wildman–Crippen MR) is 55.0 cm³/mol. The molecular weight excluding hydrogens is 194 g/mol. The quantitative estimate of drug-likeness (QED) is 0.753. The highest BCUT2D eigenvalue weighted by Crippen LogP contribution is 2.26. The maximum atomic E-state index is 10.9. The van der Waals surface area contributed by atoms with E-state index in [1.54, 1.807) is 7.11 Å². The maximum absolute atomic E-state index is 10.9. The van der Waals surface area contributed by atoms with Crippen LogP contribution < -0.4 is 10.1 Å². The number of hydrogen-bond donors (Lipinski definition) is 2. The molecule has 1 atom stereocenters. The van der Waals surface area contributed by atoms with Crippen molar-refractivity contribution in [3.05, 3.63) is 29.3 Å². The molecule has 1 aromatic carbocycles. The molecule has 1 aliphatic rings. The molecule has 1 aliphatic heterocycles. The van der Waals surface area contributed by atoms with Crippen molar-refractivity contribution in [2.45, 2.75) is 19.0 Å². The van der Waals surface area contributed by atoms with Crippen LogP contribution in [0.4, 0.5) is 0 Å². The summed E-state index contributed by atoms with van der Waals surface area (Å²) in [5, 5.41) is 11.9. The lowest BCUT2D eigenvalue weighted by Crippen LogP contribution is -2.41. The van der Waals surface area contributed by atoms with Crippen molar-refractivity contribution in [2.24, 2.45) is 0 Å². The van der Waals surface area contributed by atoms with Gasteiger partial charge in [0, 0.05) is 18.5 Å². The Kier molecular flexibility index (Phi) is 2.60. The van der Waals surface area contributed by atoms with Crippen LogP contribution in [0.1, 0.15) is 11.1 Å². The van der Waals surface area contributed by atoms with Crippen molar-refractivity contribution in [1.82, 2.24) is 5.32 Å². The summed E-state index contributed by atoms with van der Waals surface area (Å²) in [6.07, 6.45) is 0.481. The Morgan fingerprint density at radius 3 is 3.07 bits per heavy atom. The highest BCUT2D eigenvalue weighted by atomic mass is 16.5. The molecule has 0 aromatic heterocycles. The van der Waals surface area contributed by atoms with Crippen LogP contribution in [0, 0.1) is 0 Å². The monoisotopic (exact) mass is 207 g/mol. The molecule has 4 nitrogen and oxygen atoms in total. The summed E-state index contributed by atoms with van der Waals surface area (Å²) in [6.45, 7) is 0.587. The zero-order chi connectivity index (χ0) is 10.8. The van der Waals surface area contributed by atoms with Gasteiger partial charge in [0.1, 0.15) is 11.8 Å². The molecule has 1 heterocycles. The smallest absolute Gasteiger partial charge is 0.321 e. The fraction of sp³-hybridized carbons (Fsp3) is 0.364. The number of carboxylic acids is 1. The van der Waals surface area contributed by atoms with Crippen molar-refractivity contribution >= 4 is 5.97 Å². The number of ether oxygens (including phenoxy) is 1. The fourth-order valence-corrected chi connectivity index (χ4v) is 1.88. The number of rotatable bonds is 2. The molecule has 1 aromatic rings. The molecule has 0 saturated heterocycles. The Bertz CT molecular complexity index is 375. The Hall–Kier alpha value is -1.55. The minimum absolute atomic E-state index is 0.481. The molecule has 0 bridgehead atoms. The van der Waals surface area contributed by atoms with Crippen molar-refractivity contribution in [1.29, 1.82) is 0 Å². The first-order valence-corrected chi connectivity index (χ1v) is 4.83. The topological polar surface area (TPSA) is 58.6 Å². The average molecular weight is 207 g/mol. The number of hydrogen-bond acceptors (Lipinski definition) is 3. The van der Waals surface area contributed by atoms with Crippen molar-refractivity contribution < 1.29 is 14.6 Å². The highest BCUT2D eigenvalue weighted by Gasteiger charge is 2.25. The summed E-state index contributed by atoms with van der Waals surface area (Å²) < 4.78 is 5.22. The molecule has 2 N–H and O–H groups in total. The SMILES string of the molecule is COc1cccc2c1CC(C(=O)O)NC2. The van der Waals surface area contributed by atoms with Crippen LogP contribution in [0.2, 0.25) is 0 Å². The fourth-order valence-electron chi connectivity index (χ4n) is 1.88. The first kappa shape index (κ1) is 9.98. The number of methoxy groups -OCH3 is 1. The summed E-state index contributed by atoms with van der Waals surface area (Å²) >= 11 is 0. The molecule has 1 unspecified atom stereocenters. The second-order valence-corrected chi connectivity index (χ2v) is 3.57. The molecule has 0 amide bonds. The third kappa shape index (κ3) is 1.80. The summed E-state index contributed by atoms with van der Waals surface area (Å²) in [5.41, 5.74) is 2.12. The lowest BCUT2D eigenvalue weighted by molar-refractivity contribution is -0.139. The Labute approximate surface area is 87.9 Å². The normalized spacial score (nSPS) is 19.4. The van der Waals surface area contributed by atoms with Gasteiger partial charge in [-0.2, -0.15) is 0 Å². The van der Waals surface area contributed by atoms with Gasteiger partial charge < -0.3 is 15.2 Å². The lowest BCUT2D eigenvalue weighted by atomic mass is 9.95. The van der Waals surface area contributed by atoms with E-state index in [9.17, 15) is 4.79 Å². The summed E-state index contributed by atoms with van der Waals surface area (Å²) in [4.78, 5) is 10.9. The second kappa shape index (κ2) is 3.90. The second-order valence-electron chi connectivity index (χ2n) is 3.57. The zero-order valence-corrected chi connectivity index (χ0v) is 8.49. The van der Waals surface area contributed by atoms with Gasteiger partial charge in [-0.05, 0) is 11.6 Å².